The van der Waals surface area contributed by atoms with E-state index in [9.17, 15) is 4.79 Å². The number of fused-ring (bicyclic) bond motifs is 2. The highest BCUT2D eigenvalue weighted by Gasteiger charge is 2.17. The van der Waals surface area contributed by atoms with Crippen molar-refractivity contribution in [3.63, 3.8) is 0 Å². The number of imidazole rings is 1. The minimum absolute atomic E-state index is 0.0885. The zero-order chi connectivity index (χ0) is 23.5. The third kappa shape index (κ3) is 4.21. The molecule has 0 aliphatic carbocycles. The van der Waals surface area contributed by atoms with Crippen molar-refractivity contribution in [2.24, 2.45) is 0 Å². The standard InChI is InChI=1S/C23H22N8O3/c1-14-4-3-5-16(27-14)21-29-22-19(25-13-26-22)23(30-21)31-9-7-15-17(31)6-8-24-20(15)28-18(32)12-34-11-10-33-2/h3-9,13H,10-12H2,1-2H3,(H,24,28,32)(H,25,26,29,30). The maximum absolute atomic E-state index is 12.3. The average Bonchev–Trinajstić information content (AvgIpc) is 3.49. The summed E-state index contributed by atoms with van der Waals surface area (Å²) in [5.74, 6) is 1.21. The number of carbonyl (C=O) groups excluding carboxylic acids is 1. The quantitative estimate of drug-likeness (QED) is 0.339. The van der Waals surface area contributed by atoms with E-state index in [1.165, 1.54) is 0 Å². The van der Waals surface area contributed by atoms with Crippen molar-refractivity contribution in [1.82, 2.24) is 34.5 Å². The van der Waals surface area contributed by atoms with Crippen LogP contribution in [-0.2, 0) is 14.3 Å². The molecule has 1 amide bonds. The summed E-state index contributed by atoms with van der Waals surface area (Å²) in [6.45, 7) is 2.59. The number of hydrogen-bond donors (Lipinski definition) is 2. The van der Waals surface area contributed by atoms with Crippen LogP contribution in [0.15, 0.2) is 49.1 Å². The normalized spacial score (nSPS) is 11.4. The van der Waals surface area contributed by atoms with Crippen LogP contribution in [-0.4, -0.2) is 67.3 Å². The van der Waals surface area contributed by atoms with Crippen molar-refractivity contribution in [1.29, 1.82) is 0 Å². The number of hydrogen-bond acceptors (Lipinski definition) is 8. The number of amides is 1. The Hall–Kier alpha value is -4.22. The highest BCUT2D eigenvalue weighted by atomic mass is 16.5. The van der Waals surface area contributed by atoms with Gasteiger partial charge in [-0.05, 0) is 31.2 Å². The summed E-state index contributed by atoms with van der Waals surface area (Å²) in [5.41, 5.74) is 3.55. The fourth-order valence-corrected chi connectivity index (χ4v) is 3.60. The predicted molar refractivity (Wildman–Crippen MR) is 126 cm³/mol. The first-order valence-electron chi connectivity index (χ1n) is 10.6. The van der Waals surface area contributed by atoms with Gasteiger partial charge in [-0.1, -0.05) is 6.07 Å². The van der Waals surface area contributed by atoms with E-state index in [4.69, 9.17) is 14.5 Å². The van der Waals surface area contributed by atoms with Gasteiger partial charge in [-0.25, -0.2) is 24.9 Å². The summed E-state index contributed by atoms with van der Waals surface area (Å²) in [5, 5.41) is 3.56. The number of aromatic nitrogens is 7. The number of anilines is 1. The van der Waals surface area contributed by atoms with Crippen molar-refractivity contribution >= 4 is 33.8 Å². The fraction of sp³-hybridized carbons (Fsp3) is 0.217. The molecular formula is C23H22N8O3. The third-order valence-corrected chi connectivity index (χ3v) is 5.15. The van der Waals surface area contributed by atoms with E-state index in [0.29, 0.717) is 47.5 Å². The van der Waals surface area contributed by atoms with Crippen LogP contribution in [0.3, 0.4) is 0 Å². The smallest absolute Gasteiger partial charge is 0.251 e. The van der Waals surface area contributed by atoms with Crippen LogP contribution >= 0.6 is 0 Å². The minimum atomic E-state index is -0.298. The molecule has 0 spiro atoms. The summed E-state index contributed by atoms with van der Waals surface area (Å²) >= 11 is 0. The topological polar surface area (TPSA) is 133 Å². The van der Waals surface area contributed by atoms with Crippen molar-refractivity contribution < 1.29 is 14.3 Å². The molecule has 0 saturated carbocycles. The van der Waals surface area contributed by atoms with Crippen LogP contribution in [0, 0.1) is 6.92 Å². The molecule has 5 aromatic heterocycles. The Labute approximate surface area is 194 Å². The molecule has 0 saturated heterocycles. The molecule has 0 aliphatic heterocycles. The number of pyridine rings is 2. The SMILES string of the molecule is COCCOCC(=O)Nc1nccc2c1ccn2-c1nc(-c2cccc(C)n2)nc2[nH]cnc12. The Morgan fingerprint density at radius 3 is 2.88 bits per heavy atom. The van der Waals surface area contributed by atoms with Gasteiger partial charge in [-0.3, -0.25) is 9.36 Å². The molecule has 5 heterocycles. The number of ether oxygens (including phenoxy) is 2. The van der Waals surface area contributed by atoms with E-state index in [1.807, 2.05) is 48.0 Å². The summed E-state index contributed by atoms with van der Waals surface area (Å²) in [7, 11) is 1.58. The molecule has 34 heavy (non-hydrogen) atoms. The lowest BCUT2D eigenvalue weighted by atomic mass is 10.3. The van der Waals surface area contributed by atoms with Crippen LogP contribution in [0.5, 0.6) is 0 Å². The first-order chi connectivity index (χ1) is 16.6. The Morgan fingerprint density at radius 1 is 1.12 bits per heavy atom. The van der Waals surface area contributed by atoms with Crippen LogP contribution in [0.1, 0.15) is 5.69 Å². The number of rotatable bonds is 8. The fourth-order valence-electron chi connectivity index (χ4n) is 3.60. The van der Waals surface area contributed by atoms with Gasteiger partial charge < -0.3 is 19.8 Å². The summed E-state index contributed by atoms with van der Waals surface area (Å²) < 4.78 is 12.1. The van der Waals surface area contributed by atoms with E-state index in [2.05, 4.69) is 30.2 Å². The molecule has 0 fully saturated rings. The number of nitrogens with one attached hydrogen (secondary N) is 2. The second kappa shape index (κ2) is 9.33. The highest BCUT2D eigenvalue weighted by Crippen LogP contribution is 2.28. The van der Waals surface area contributed by atoms with Gasteiger partial charge in [0.25, 0.3) is 5.91 Å². The Balaban J connectivity index is 1.53. The van der Waals surface area contributed by atoms with Gasteiger partial charge in [0.1, 0.15) is 18.1 Å². The lowest BCUT2D eigenvalue weighted by molar-refractivity contribution is -0.121. The predicted octanol–water partition coefficient (Wildman–Crippen LogP) is 2.66. The van der Waals surface area contributed by atoms with Gasteiger partial charge in [0.2, 0.25) is 0 Å². The van der Waals surface area contributed by atoms with Gasteiger partial charge in [0.15, 0.2) is 22.8 Å². The van der Waals surface area contributed by atoms with E-state index >= 15 is 0 Å². The van der Waals surface area contributed by atoms with Gasteiger partial charge in [0.05, 0.1) is 25.1 Å². The molecule has 172 valence electrons. The Kier molecular flexibility index (Phi) is 5.93. The van der Waals surface area contributed by atoms with E-state index in [1.54, 1.807) is 19.6 Å². The van der Waals surface area contributed by atoms with Crippen molar-refractivity contribution in [2.75, 3.05) is 32.2 Å². The van der Waals surface area contributed by atoms with E-state index in [0.717, 1.165) is 16.6 Å². The van der Waals surface area contributed by atoms with Crippen molar-refractivity contribution in [3.05, 3.63) is 54.7 Å². The summed E-state index contributed by atoms with van der Waals surface area (Å²) in [6.07, 6.45) is 5.08. The molecule has 0 unspecified atom stereocenters. The van der Waals surface area contributed by atoms with Crippen LogP contribution in [0.4, 0.5) is 5.82 Å². The van der Waals surface area contributed by atoms with Gasteiger partial charge in [-0.15, -0.1) is 0 Å². The number of aryl methyl sites for hydroxylation is 1. The minimum Gasteiger partial charge on any atom is -0.382 e. The second-order valence-electron chi connectivity index (χ2n) is 7.51. The largest absolute Gasteiger partial charge is 0.382 e. The molecule has 0 aliphatic rings. The average molecular weight is 458 g/mol. The number of methoxy groups -OCH3 is 1. The lowest BCUT2D eigenvalue weighted by Gasteiger charge is -2.09. The first-order valence-corrected chi connectivity index (χ1v) is 10.6. The number of H-pyrrole nitrogens is 1. The van der Waals surface area contributed by atoms with Crippen LogP contribution in [0.2, 0.25) is 0 Å². The number of carbonyl (C=O) groups is 1. The third-order valence-electron chi connectivity index (χ3n) is 5.15. The summed E-state index contributed by atoms with van der Waals surface area (Å²) in [6, 6.07) is 9.43. The molecule has 0 atom stereocenters. The Bertz CT molecular complexity index is 1480. The zero-order valence-corrected chi connectivity index (χ0v) is 18.6. The van der Waals surface area contributed by atoms with E-state index in [-0.39, 0.29) is 12.5 Å². The maximum atomic E-state index is 12.3. The zero-order valence-electron chi connectivity index (χ0n) is 18.6. The lowest BCUT2D eigenvalue weighted by Crippen LogP contribution is -2.20. The highest BCUT2D eigenvalue weighted by molar-refractivity contribution is 6.01. The molecule has 11 nitrogen and oxygen atoms in total. The number of nitrogens with zero attached hydrogens (tertiary/aromatic N) is 6. The number of aromatic amines is 1. The second-order valence-corrected chi connectivity index (χ2v) is 7.51. The van der Waals surface area contributed by atoms with Gasteiger partial charge in [0, 0.05) is 30.6 Å². The van der Waals surface area contributed by atoms with Crippen molar-refractivity contribution in [2.45, 2.75) is 6.92 Å². The molecule has 0 radical (unpaired) electrons. The summed E-state index contributed by atoms with van der Waals surface area (Å²) in [4.78, 5) is 38.1. The van der Waals surface area contributed by atoms with Gasteiger partial charge in [-0.2, -0.15) is 0 Å². The maximum Gasteiger partial charge on any atom is 0.251 e. The molecule has 5 aromatic rings. The molecule has 11 heteroatoms. The molecule has 5 rings (SSSR count). The van der Waals surface area contributed by atoms with Crippen molar-refractivity contribution in [3.8, 4) is 17.3 Å². The Morgan fingerprint density at radius 2 is 2.03 bits per heavy atom. The molecule has 0 aromatic carbocycles. The van der Waals surface area contributed by atoms with Gasteiger partial charge >= 0.3 is 0 Å². The monoisotopic (exact) mass is 458 g/mol. The first kappa shape index (κ1) is 21.6. The van der Waals surface area contributed by atoms with Crippen LogP contribution in [0.25, 0.3) is 39.4 Å². The molecule has 2 N–H and O–H groups in total. The molecular weight excluding hydrogens is 436 g/mol. The van der Waals surface area contributed by atoms with E-state index < -0.39 is 0 Å². The van der Waals surface area contributed by atoms with Crippen LogP contribution < -0.4 is 5.32 Å². The molecule has 0 bridgehead atoms.